The van der Waals surface area contributed by atoms with Crippen molar-refractivity contribution in [3.05, 3.63) is 24.4 Å². The Morgan fingerprint density at radius 2 is 1.87 bits per heavy atom. The van der Waals surface area contributed by atoms with Gasteiger partial charge >= 0.3 is 6.09 Å². The molecule has 170 valence electrons. The lowest BCUT2D eigenvalue weighted by atomic mass is 10.0. The number of aliphatic hydroxyl groups excluding tert-OH is 1. The molecule has 1 unspecified atom stereocenters. The normalized spacial score (nSPS) is 14.1. The summed E-state index contributed by atoms with van der Waals surface area (Å²) in [4.78, 5) is 28.2. The van der Waals surface area contributed by atoms with E-state index in [1.54, 1.807) is 26.8 Å². The maximum Gasteiger partial charge on any atom is 0.408 e. The van der Waals surface area contributed by atoms with Crippen LogP contribution in [0.3, 0.4) is 0 Å². The molecular formula is C19H32N4O6S. The summed E-state index contributed by atoms with van der Waals surface area (Å²) in [5, 5.41) is 14.9. The average molecular weight is 445 g/mol. The van der Waals surface area contributed by atoms with Crippen LogP contribution in [-0.4, -0.2) is 61.3 Å². The van der Waals surface area contributed by atoms with E-state index in [0.717, 1.165) is 0 Å². The van der Waals surface area contributed by atoms with Crippen LogP contribution in [0.1, 0.15) is 41.0 Å². The second-order valence-electron chi connectivity index (χ2n) is 8.25. The van der Waals surface area contributed by atoms with Crippen LogP contribution in [0.2, 0.25) is 0 Å². The predicted octanol–water partition coefficient (Wildman–Crippen LogP) is 0.776. The largest absolute Gasteiger partial charge is 0.444 e. The van der Waals surface area contributed by atoms with Gasteiger partial charge in [-0.15, -0.1) is 0 Å². The van der Waals surface area contributed by atoms with E-state index in [1.165, 1.54) is 18.3 Å². The molecule has 0 aliphatic heterocycles. The lowest BCUT2D eigenvalue weighted by Gasteiger charge is -2.24. The Morgan fingerprint density at radius 3 is 2.40 bits per heavy atom. The van der Waals surface area contributed by atoms with Gasteiger partial charge in [0.1, 0.15) is 11.6 Å². The molecule has 1 heterocycles. The van der Waals surface area contributed by atoms with Crippen LogP contribution in [0.25, 0.3) is 0 Å². The molecule has 0 fully saturated rings. The Balaban J connectivity index is 2.57. The van der Waals surface area contributed by atoms with Crippen LogP contribution >= 0.6 is 0 Å². The first-order valence-electron chi connectivity index (χ1n) is 9.66. The van der Waals surface area contributed by atoms with E-state index in [-0.39, 0.29) is 24.0 Å². The maximum absolute atomic E-state index is 12.5. The lowest BCUT2D eigenvalue weighted by Crippen LogP contribution is -2.50. The molecule has 0 saturated carbocycles. The van der Waals surface area contributed by atoms with E-state index in [2.05, 4.69) is 20.3 Å². The second kappa shape index (κ2) is 11.2. The number of carbonyl (C=O) groups excluding carboxylic acids is 2. The highest BCUT2D eigenvalue weighted by Gasteiger charge is 2.25. The van der Waals surface area contributed by atoms with Gasteiger partial charge in [0.25, 0.3) is 10.0 Å². The number of sulfonamides is 1. The quantitative estimate of drug-likeness (QED) is 0.417. The fraction of sp³-hybridized carbons (Fsp3) is 0.632. The average Bonchev–Trinajstić information content (AvgIpc) is 2.62. The van der Waals surface area contributed by atoms with E-state index in [9.17, 15) is 23.1 Å². The Hall–Kier alpha value is -2.24. The zero-order valence-corrected chi connectivity index (χ0v) is 18.8. The number of nitrogens with one attached hydrogen (secondary N) is 3. The zero-order chi connectivity index (χ0) is 22.9. The van der Waals surface area contributed by atoms with E-state index in [4.69, 9.17) is 4.74 Å². The van der Waals surface area contributed by atoms with Crippen LogP contribution in [0.5, 0.6) is 0 Å². The summed E-state index contributed by atoms with van der Waals surface area (Å²) in [6, 6.07) is 3.60. The summed E-state index contributed by atoms with van der Waals surface area (Å²) < 4.78 is 31.6. The standard InChI is InChI=1S/C19H32N4O6S/c1-13(2)10-15(23-18(26)29-19(3,4)5)17(25)21-11-14(24)12-22-30(27,28)16-8-6-7-9-20-16/h6-9,13-15,22,24H,10-12H2,1-5H3,(H,21,25)(H,23,26)/t14?,15-/m0/s1. The van der Waals surface area contributed by atoms with E-state index in [0.29, 0.717) is 6.42 Å². The van der Waals surface area contributed by atoms with Gasteiger partial charge in [-0.1, -0.05) is 19.9 Å². The van der Waals surface area contributed by atoms with Crippen molar-refractivity contribution in [1.82, 2.24) is 20.3 Å². The highest BCUT2D eigenvalue weighted by molar-refractivity contribution is 7.89. The van der Waals surface area contributed by atoms with Gasteiger partial charge in [-0.05, 0) is 45.2 Å². The van der Waals surface area contributed by atoms with Gasteiger partial charge in [0, 0.05) is 19.3 Å². The molecule has 1 aromatic heterocycles. The first-order chi connectivity index (χ1) is 13.8. The molecule has 0 aromatic carbocycles. The molecule has 0 radical (unpaired) electrons. The van der Waals surface area contributed by atoms with Crippen molar-refractivity contribution in [2.24, 2.45) is 5.92 Å². The maximum atomic E-state index is 12.5. The van der Waals surface area contributed by atoms with Crippen LogP contribution in [0.4, 0.5) is 4.79 Å². The summed E-state index contributed by atoms with van der Waals surface area (Å²) >= 11 is 0. The number of aromatic nitrogens is 1. The van der Waals surface area contributed by atoms with Crippen LogP contribution in [-0.2, 0) is 19.6 Å². The fourth-order valence-electron chi connectivity index (χ4n) is 2.35. The van der Waals surface area contributed by atoms with Crippen molar-refractivity contribution in [2.75, 3.05) is 13.1 Å². The smallest absolute Gasteiger partial charge is 0.408 e. The molecule has 11 heteroatoms. The summed E-state index contributed by atoms with van der Waals surface area (Å²) in [6.45, 7) is 8.43. The highest BCUT2D eigenvalue weighted by Crippen LogP contribution is 2.09. The van der Waals surface area contributed by atoms with Crippen molar-refractivity contribution in [3.8, 4) is 0 Å². The van der Waals surface area contributed by atoms with E-state index < -0.39 is 39.8 Å². The molecule has 30 heavy (non-hydrogen) atoms. The predicted molar refractivity (Wildman–Crippen MR) is 111 cm³/mol. The minimum Gasteiger partial charge on any atom is -0.444 e. The number of pyridine rings is 1. The third kappa shape index (κ3) is 9.99. The van der Waals surface area contributed by atoms with Crippen molar-refractivity contribution < 1.29 is 27.9 Å². The number of hydrogen-bond acceptors (Lipinski definition) is 7. The number of ether oxygens (including phenoxy) is 1. The summed E-state index contributed by atoms with van der Waals surface area (Å²) in [5.41, 5.74) is -0.704. The minimum atomic E-state index is -3.87. The number of alkyl carbamates (subject to hydrolysis) is 1. The highest BCUT2D eigenvalue weighted by atomic mass is 32.2. The van der Waals surface area contributed by atoms with Gasteiger partial charge in [-0.25, -0.2) is 22.9 Å². The van der Waals surface area contributed by atoms with Gasteiger partial charge in [0.2, 0.25) is 5.91 Å². The zero-order valence-electron chi connectivity index (χ0n) is 18.0. The summed E-state index contributed by atoms with van der Waals surface area (Å²) in [7, 11) is -3.87. The molecule has 1 rings (SSSR count). The molecule has 2 amide bonds. The second-order valence-corrected chi connectivity index (χ2v) is 9.96. The van der Waals surface area contributed by atoms with Crippen LogP contribution < -0.4 is 15.4 Å². The Bertz CT molecular complexity index is 793. The Labute approximate surface area is 177 Å². The molecule has 0 bridgehead atoms. The Morgan fingerprint density at radius 1 is 1.20 bits per heavy atom. The third-order valence-corrected chi connectivity index (χ3v) is 4.99. The topological polar surface area (TPSA) is 147 Å². The third-order valence-electron chi connectivity index (χ3n) is 3.65. The first kappa shape index (κ1) is 25.8. The van der Waals surface area contributed by atoms with Gasteiger partial charge in [0.15, 0.2) is 5.03 Å². The SMILES string of the molecule is CC(C)C[C@H](NC(=O)OC(C)(C)C)C(=O)NCC(O)CNS(=O)(=O)c1ccccn1. The number of aliphatic hydroxyl groups is 1. The number of rotatable bonds is 10. The van der Waals surface area contributed by atoms with E-state index in [1.807, 2.05) is 13.8 Å². The van der Waals surface area contributed by atoms with Crippen molar-refractivity contribution >= 4 is 22.0 Å². The number of hydrogen-bond donors (Lipinski definition) is 4. The van der Waals surface area contributed by atoms with Gasteiger partial charge in [-0.2, -0.15) is 0 Å². The molecule has 0 aliphatic rings. The number of nitrogens with zero attached hydrogens (tertiary/aromatic N) is 1. The van der Waals surface area contributed by atoms with Crippen LogP contribution in [0.15, 0.2) is 29.4 Å². The summed E-state index contributed by atoms with van der Waals surface area (Å²) in [6.07, 6.45) is -0.175. The summed E-state index contributed by atoms with van der Waals surface area (Å²) in [5.74, 6) is -0.382. The van der Waals surface area contributed by atoms with Gasteiger partial charge in [0.05, 0.1) is 6.10 Å². The molecule has 1 aromatic rings. The number of amides is 2. The van der Waals surface area contributed by atoms with E-state index >= 15 is 0 Å². The van der Waals surface area contributed by atoms with Crippen molar-refractivity contribution in [1.29, 1.82) is 0 Å². The van der Waals surface area contributed by atoms with Crippen molar-refractivity contribution in [3.63, 3.8) is 0 Å². The Kier molecular flexibility index (Phi) is 9.66. The molecule has 0 spiro atoms. The fourth-order valence-corrected chi connectivity index (χ4v) is 3.37. The molecule has 0 aliphatic carbocycles. The lowest BCUT2D eigenvalue weighted by molar-refractivity contribution is -0.124. The van der Waals surface area contributed by atoms with Crippen molar-refractivity contribution in [2.45, 2.75) is 63.8 Å². The molecule has 0 saturated heterocycles. The molecule has 10 nitrogen and oxygen atoms in total. The first-order valence-corrected chi connectivity index (χ1v) is 11.1. The monoisotopic (exact) mass is 444 g/mol. The molecule has 2 atom stereocenters. The molecular weight excluding hydrogens is 412 g/mol. The van der Waals surface area contributed by atoms with Gasteiger partial charge in [-0.3, -0.25) is 4.79 Å². The minimum absolute atomic E-state index is 0.116. The van der Waals surface area contributed by atoms with Crippen LogP contribution in [0, 0.1) is 5.92 Å². The number of carbonyl (C=O) groups is 2. The molecule has 4 N–H and O–H groups in total. The van der Waals surface area contributed by atoms with Gasteiger partial charge < -0.3 is 20.5 Å².